The number of nitrogens with one attached hydrogen (secondary N) is 1. The highest BCUT2D eigenvalue weighted by atomic mass is 16.5. The first-order chi connectivity index (χ1) is 8.69. The Morgan fingerprint density at radius 3 is 2.67 bits per heavy atom. The molecular formula is C15H25NO2. The Balaban J connectivity index is 2.70. The van der Waals surface area contributed by atoms with Crippen LogP contribution in [-0.4, -0.2) is 26.4 Å². The van der Waals surface area contributed by atoms with Gasteiger partial charge in [-0.25, -0.2) is 0 Å². The van der Waals surface area contributed by atoms with E-state index in [0.717, 1.165) is 18.9 Å². The van der Waals surface area contributed by atoms with E-state index in [9.17, 15) is 0 Å². The van der Waals surface area contributed by atoms with Crippen molar-refractivity contribution in [1.82, 2.24) is 5.32 Å². The zero-order valence-corrected chi connectivity index (χ0v) is 12.0. The third kappa shape index (κ3) is 4.67. The Bertz CT molecular complexity index is 352. The average Bonchev–Trinajstić information content (AvgIpc) is 2.35. The van der Waals surface area contributed by atoms with Gasteiger partial charge in [0.05, 0.1) is 6.61 Å². The molecule has 3 heteroatoms. The summed E-state index contributed by atoms with van der Waals surface area (Å²) in [6, 6.07) is 6.66. The van der Waals surface area contributed by atoms with Crippen molar-refractivity contribution in [3.63, 3.8) is 0 Å². The van der Waals surface area contributed by atoms with Gasteiger partial charge in [0.25, 0.3) is 0 Å². The summed E-state index contributed by atoms with van der Waals surface area (Å²) >= 11 is 0. The fourth-order valence-corrected chi connectivity index (χ4v) is 1.90. The van der Waals surface area contributed by atoms with E-state index in [1.54, 1.807) is 0 Å². The molecule has 1 rings (SSSR count). The maximum atomic E-state index is 5.82. The molecule has 102 valence electrons. The molecule has 0 fully saturated rings. The van der Waals surface area contributed by atoms with Crippen LogP contribution >= 0.6 is 0 Å². The number of aryl methyl sites for hydroxylation is 1. The number of hydrogen-bond donors (Lipinski definition) is 1. The van der Waals surface area contributed by atoms with Crippen LogP contribution in [0.15, 0.2) is 18.2 Å². The lowest BCUT2D eigenvalue weighted by atomic mass is 10.0. The van der Waals surface area contributed by atoms with Crippen molar-refractivity contribution in [3.05, 3.63) is 29.3 Å². The zero-order valence-electron chi connectivity index (χ0n) is 12.0. The fourth-order valence-electron chi connectivity index (χ4n) is 1.90. The van der Waals surface area contributed by atoms with Gasteiger partial charge in [0.1, 0.15) is 12.4 Å². The van der Waals surface area contributed by atoms with Crippen molar-refractivity contribution in [2.75, 3.05) is 26.4 Å². The number of hydrogen-bond acceptors (Lipinski definition) is 3. The lowest BCUT2D eigenvalue weighted by molar-refractivity contribution is 0.109. The maximum absolute atomic E-state index is 5.82. The molecule has 0 saturated carbocycles. The van der Waals surface area contributed by atoms with Crippen molar-refractivity contribution < 1.29 is 9.47 Å². The van der Waals surface area contributed by atoms with E-state index in [0.29, 0.717) is 19.3 Å². The Hall–Kier alpha value is -1.06. The van der Waals surface area contributed by atoms with Crippen LogP contribution in [-0.2, 0) is 4.74 Å². The summed E-state index contributed by atoms with van der Waals surface area (Å²) < 4.78 is 11.1. The molecule has 1 atom stereocenters. The SMILES string of the molecule is CCNC(C)c1ccc(C)cc1OCCOCC. The van der Waals surface area contributed by atoms with Crippen LogP contribution < -0.4 is 10.1 Å². The normalized spacial score (nSPS) is 12.4. The molecular weight excluding hydrogens is 226 g/mol. The minimum Gasteiger partial charge on any atom is -0.491 e. The van der Waals surface area contributed by atoms with E-state index in [4.69, 9.17) is 9.47 Å². The number of rotatable bonds is 8. The second kappa shape index (κ2) is 8.11. The summed E-state index contributed by atoms with van der Waals surface area (Å²) in [5.74, 6) is 0.961. The van der Waals surface area contributed by atoms with Gasteiger partial charge in [-0.05, 0) is 38.9 Å². The zero-order chi connectivity index (χ0) is 13.4. The second-order valence-corrected chi connectivity index (χ2v) is 4.37. The van der Waals surface area contributed by atoms with Gasteiger partial charge in [0.2, 0.25) is 0 Å². The molecule has 0 aromatic heterocycles. The van der Waals surface area contributed by atoms with E-state index in [1.165, 1.54) is 11.1 Å². The first kappa shape index (κ1) is 15.0. The highest BCUT2D eigenvalue weighted by Crippen LogP contribution is 2.26. The van der Waals surface area contributed by atoms with Gasteiger partial charge in [-0.2, -0.15) is 0 Å². The van der Waals surface area contributed by atoms with Crippen LogP contribution in [0.5, 0.6) is 5.75 Å². The molecule has 1 unspecified atom stereocenters. The summed E-state index contributed by atoms with van der Waals surface area (Å²) in [4.78, 5) is 0. The molecule has 0 bridgehead atoms. The lowest BCUT2D eigenvalue weighted by Gasteiger charge is -2.18. The lowest BCUT2D eigenvalue weighted by Crippen LogP contribution is -2.19. The number of benzene rings is 1. The molecule has 1 aromatic carbocycles. The predicted molar refractivity (Wildman–Crippen MR) is 75.3 cm³/mol. The highest BCUT2D eigenvalue weighted by molar-refractivity contribution is 5.39. The topological polar surface area (TPSA) is 30.5 Å². The smallest absolute Gasteiger partial charge is 0.124 e. The van der Waals surface area contributed by atoms with Crippen molar-refractivity contribution in [2.24, 2.45) is 0 Å². The molecule has 1 aromatic rings. The van der Waals surface area contributed by atoms with Gasteiger partial charge in [-0.1, -0.05) is 19.1 Å². The van der Waals surface area contributed by atoms with Gasteiger partial charge in [0, 0.05) is 18.2 Å². The standard InChI is InChI=1S/C15H25NO2/c1-5-16-13(4)14-8-7-12(3)11-15(14)18-10-9-17-6-2/h7-8,11,13,16H,5-6,9-10H2,1-4H3. The quantitative estimate of drug-likeness (QED) is 0.720. The second-order valence-electron chi connectivity index (χ2n) is 4.37. The summed E-state index contributed by atoms with van der Waals surface area (Å²) in [6.45, 7) is 11.3. The molecule has 0 amide bonds. The molecule has 0 aliphatic heterocycles. The molecule has 0 saturated heterocycles. The third-order valence-electron chi connectivity index (χ3n) is 2.84. The molecule has 0 aliphatic rings. The molecule has 0 radical (unpaired) electrons. The fraction of sp³-hybridized carbons (Fsp3) is 0.600. The monoisotopic (exact) mass is 251 g/mol. The van der Waals surface area contributed by atoms with Crippen molar-refractivity contribution in [3.8, 4) is 5.75 Å². The van der Waals surface area contributed by atoms with E-state index in [2.05, 4.69) is 44.3 Å². The van der Waals surface area contributed by atoms with Crippen LogP contribution in [0.3, 0.4) is 0 Å². The van der Waals surface area contributed by atoms with Gasteiger partial charge in [0.15, 0.2) is 0 Å². The van der Waals surface area contributed by atoms with Crippen LogP contribution in [0.2, 0.25) is 0 Å². The van der Waals surface area contributed by atoms with Gasteiger partial charge in [-0.3, -0.25) is 0 Å². The van der Waals surface area contributed by atoms with E-state index >= 15 is 0 Å². The average molecular weight is 251 g/mol. The van der Waals surface area contributed by atoms with Crippen LogP contribution in [0.25, 0.3) is 0 Å². The summed E-state index contributed by atoms with van der Waals surface area (Å²) in [5.41, 5.74) is 2.42. The maximum Gasteiger partial charge on any atom is 0.124 e. The Morgan fingerprint density at radius 1 is 1.22 bits per heavy atom. The van der Waals surface area contributed by atoms with Crippen LogP contribution in [0, 0.1) is 6.92 Å². The minimum atomic E-state index is 0.303. The van der Waals surface area contributed by atoms with Crippen LogP contribution in [0.4, 0.5) is 0 Å². The summed E-state index contributed by atoms with van der Waals surface area (Å²) in [6.07, 6.45) is 0. The summed E-state index contributed by atoms with van der Waals surface area (Å²) in [7, 11) is 0. The van der Waals surface area contributed by atoms with Crippen molar-refractivity contribution in [1.29, 1.82) is 0 Å². The first-order valence-corrected chi connectivity index (χ1v) is 6.73. The molecule has 3 nitrogen and oxygen atoms in total. The molecule has 0 spiro atoms. The Labute approximate surface area is 110 Å². The van der Waals surface area contributed by atoms with E-state index in [-0.39, 0.29) is 0 Å². The largest absolute Gasteiger partial charge is 0.491 e. The van der Waals surface area contributed by atoms with Gasteiger partial charge in [-0.15, -0.1) is 0 Å². The predicted octanol–water partition coefficient (Wildman–Crippen LogP) is 3.08. The Morgan fingerprint density at radius 2 is 2.00 bits per heavy atom. The summed E-state index contributed by atoms with van der Waals surface area (Å²) in [5, 5.41) is 3.41. The van der Waals surface area contributed by atoms with Gasteiger partial charge < -0.3 is 14.8 Å². The van der Waals surface area contributed by atoms with Crippen molar-refractivity contribution >= 4 is 0 Å². The first-order valence-electron chi connectivity index (χ1n) is 6.73. The highest BCUT2D eigenvalue weighted by Gasteiger charge is 2.10. The number of ether oxygens (including phenoxy) is 2. The molecule has 0 heterocycles. The van der Waals surface area contributed by atoms with Crippen molar-refractivity contribution in [2.45, 2.75) is 33.7 Å². The minimum absolute atomic E-state index is 0.303. The van der Waals surface area contributed by atoms with E-state index in [1.807, 2.05) is 6.92 Å². The third-order valence-corrected chi connectivity index (χ3v) is 2.84. The molecule has 1 N–H and O–H groups in total. The Kier molecular flexibility index (Phi) is 6.76. The van der Waals surface area contributed by atoms with Crippen LogP contribution in [0.1, 0.15) is 37.9 Å². The molecule has 0 aliphatic carbocycles. The van der Waals surface area contributed by atoms with Gasteiger partial charge >= 0.3 is 0 Å². The molecule has 18 heavy (non-hydrogen) atoms. The van der Waals surface area contributed by atoms with E-state index < -0.39 is 0 Å².